The number of aldehydes is 1. The molecule has 3 rings (SSSR count). The predicted molar refractivity (Wildman–Crippen MR) is 68.2 cm³/mol. The Bertz CT molecular complexity index is 744. The molecule has 0 saturated carbocycles. The summed E-state index contributed by atoms with van der Waals surface area (Å²) in [5.41, 5.74) is 2.06. The summed E-state index contributed by atoms with van der Waals surface area (Å²) in [6.07, 6.45) is 6.21. The van der Waals surface area contributed by atoms with Gasteiger partial charge >= 0.3 is 0 Å². The standard InChI is InChI=1S/C12H9ClN4O/c1-16-6-9(5-14-16)17-3-2-10-8(7-18)4-11(13)15-12(10)17/h2-7H,1H3. The maximum absolute atomic E-state index is 11.0. The van der Waals surface area contributed by atoms with Gasteiger partial charge in [-0.05, 0) is 12.1 Å². The van der Waals surface area contributed by atoms with Gasteiger partial charge in [-0.1, -0.05) is 11.6 Å². The molecule has 0 unspecified atom stereocenters. The average molecular weight is 261 g/mol. The molecule has 18 heavy (non-hydrogen) atoms. The lowest BCUT2D eigenvalue weighted by molar-refractivity contribution is 0.112. The lowest BCUT2D eigenvalue weighted by Gasteiger charge is -2.02. The fraction of sp³-hybridized carbons (Fsp3) is 0.0833. The van der Waals surface area contributed by atoms with Crippen LogP contribution in [0.3, 0.4) is 0 Å². The van der Waals surface area contributed by atoms with E-state index in [-0.39, 0.29) is 0 Å². The third-order valence-electron chi connectivity index (χ3n) is 2.75. The fourth-order valence-electron chi connectivity index (χ4n) is 1.94. The summed E-state index contributed by atoms with van der Waals surface area (Å²) in [5.74, 6) is 0. The molecule has 6 heteroatoms. The molecular formula is C12H9ClN4O. The quantitative estimate of drug-likeness (QED) is 0.524. The van der Waals surface area contributed by atoms with Crippen LogP contribution in [0, 0.1) is 0 Å². The minimum Gasteiger partial charge on any atom is -0.298 e. The molecule has 0 amide bonds. The molecular weight excluding hydrogens is 252 g/mol. The van der Waals surface area contributed by atoms with Crippen LogP contribution in [-0.4, -0.2) is 25.6 Å². The van der Waals surface area contributed by atoms with Crippen LogP contribution in [0.4, 0.5) is 0 Å². The summed E-state index contributed by atoms with van der Waals surface area (Å²) in [4.78, 5) is 15.3. The van der Waals surface area contributed by atoms with Crippen molar-refractivity contribution in [2.45, 2.75) is 0 Å². The second-order valence-corrected chi connectivity index (χ2v) is 4.33. The number of rotatable bonds is 2. The van der Waals surface area contributed by atoms with Crippen molar-refractivity contribution in [1.82, 2.24) is 19.3 Å². The average Bonchev–Trinajstić information content (AvgIpc) is 2.93. The third-order valence-corrected chi connectivity index (χ3v) is 2.95. The van der Waals surface area contributed by atoms with Crippen molar-refractivity contribution < 1.29 is 4.79 Å². The van der Waals surface area contributed by atoms with Crippen LogP contribution in [-0.2, 0) is 7.05 Å². The van der Waals surface area contributed by atoms with E-state index < -0.39 is 0 Å². The second kappa shape index (κ2) is 3.96. The van der Waals surface area contributed by atoms with Gasteiger partial charge in [-0.2, -0.15) is 5.10 Å². The molecule has 0 fully saturated rings. The van der Waals surface area contributed by atoms with Gasteiger partial charge in [-0.15, -0.1) is 0 Å². The van der Waals surface area contributed by atoms with Gasteiger partial charge in [0.2, 0.25) is 0 Å². The number of carbonyl (C=O) groups is 1. The smallest absolute Gasteiger partial charge is 0.150 e. The van der Waals surface area contributed by atoms with Crippen molar-refractivity contribution in [2.24, 2.45) is 7.05 Å². The van der Waals surface area contributed by atoms with Gasteiger partial charge in [0.05, 0.1) is 11.9 Å². The van der Waals surface area contributed by atoms with E-state index in [1.807, 2.05) is 30.1 Å². The highest BCUT2D eigenvalue weighted by Crippen LogP contribution is 2.23. The van der Waals surface area contributed by atoms with Gasteiger partial charge in [0, 0.05) is 30.4 Å². The Balaban J connectivity index is 2.32. The molecule has 3 aromatic heterocycles. The first-order chi connectivity index (χ1) is 8.69. The molecule has 3 aromatic rings. The lowest BCUT2D eigenvalue weighted by atomic mass is 10.2. The third kappa shape index (κ3) is 1.60. The largest absolute Gasteiger partial charge is 0.298 e. The fourth-order valence-corrected chi connectivity index (χ4v) is 2.14. The molecule has 5 nitrogen and oxygen atoms in total. The zero-order chi connectivity index (χ0) is 12.7. The number of carbonyl (C=O) groups excluding carboxylic acids is 1. The monoisotopic (exact) mass is 260 g/mol. The lowest BCUT2D eigenvalue weighted by Crippen LogP contribution is -1.94. The number of hydrogen-bond donors (Lipinski definition) is 0. The molecule has 0 aromatic carbocycles. The maximum atomic E-state index is 11.0. The van der Waals surface area contributed by atoms with Crippen molar-refractivity contribution in [1.29, 1.82) is 0 Å². The second-order valence-electron chi connectivity index (χ2n) is 3.95. The van der Waals surface area contributed by atoms with E-state index in [1.54, 1.807) is 16.9 Å². The first-order valence-corrected chi connectivity index (χ1v) is 5.68. The van der Waals surface area contributed by atoms with Crippen LogP contribution in [0.15, 0.2) is 30.7 Å². The Hall–Kier alpha value is -2.14. The Morgan fingerprint density at radius 1 is 1.44 bits per heavy atom. The van der Waals surface area contributed by atoms with Crippen LogP contribution in [0.1, 0.15) is 10.4 Å². The van der Waals surface area contributed by atoms with E-state index in [1.165, 1.54) is 0 Å². The first kappa shape index (κ1) is 11.0. The van der Waals surface area contributed by atoms with Crippen molar-refractivity contribution in [3.8, 4) is 5.69 Å². The normalized spacial score (nSPS) is 11.0. The summed E-state index contributed by atoms with van der Waals surface area (Å²) >= 11 is 5.92. The SMILES string of the molecule is Cn1cc(-n2ccc3c(C=O)cc(Cl)nc32)cn1. The summed E-state index contributed by atoms with van der Waals surface area (Å²) in [6.45, 7) is 0. The number of pyridine rings is 1. The van der Waals surface area contributed by atoms with E-state index >= 15 is 0 Å². The Kier molecular flexibility index (Phi) is 2.41. The van der Waals surface area contributed by atoms with Crippen molar-refractivity contribution in [3.05, 3.63) is 41.4 Å². The van der Waals surface area contributed by atoms with Gasteiger partial charge in [0.1, 0.15) is 10.8 Å². The van der Waals surface area contributed by atoms with Gasteiger partial charge in [0.25, 0.3) is 0 Å². The number of aryl methyl sites for hydroxylation is 1. The topological polar surface area (TPSA) is 52.7 Å². The highest BCUT2D eigenvalue weighted by atomic mass is 35.5. The Morgan fingerprint density at radius 3 is 2.94 bits per heavy atom. The molecule has 0 aliphatic heterocycles. The minimum atomic E-state index is 0.299. The number of fused-ring (bicyclic) bond motifs is 1. The van der Waals surface area contributed by atoms with Gasteiger partial charge in [-0.25, -0.2) is 4.98 Å². The zero-order valence-electron chi connectivity index (χ0n) is 9.54. The van der Waals surface area contributed by atoms with Crippen LogP contribution >= 0.6 is 11.6 Å². The van der Waals surface area contributed by atoms with E-state index in [4.69, 9.17) is 11.6 Å². The van der Waals surface area contributed by atoms with Gasteiger partial charge in [0.15, 0.2) is 6.29 Å². The molecule has 0 atom stereocenters. The molecule has 0 bridgehead atoms. The first-order valence-electron chi connectivity index (χ1n) is 5.31. The van der Waals surface area contributed by atoms with E-state index in [2.05, 4.69) is 10.1 Å². The summed E-state index contributed by atoms with van der Waals surface area (Å²) in [5, 5.41) is 5.19. The summed E-state index contributed by atoms with van der Waals surface area (Å²) in [6, 6.07) is 3.40. The molecule has 0 saturated heterocycles. The van der Waals surface area contributed by atoms with Crippen LogP contribution in [0.5, 0.6) is 0 Å². The molecule has 0 aliphatic carbocycles. The van der Waals surface area contributed by atoms with Gasteiger partial charge < -0.3 is 0 Å². The van der Waals surface area contributed by atoms with Crippen molar-refractivity contribution >= 4 is 28.9 Å². The molecule has 90 valence electrons. The molecule has 0 N–H and O–H groups in total. The predicted octanol–water partition coefficient (Wildman–Crippen LogP) is 2.22. The number of hydrogen-bond acceptors (Lipinski definition) is 3. The van der Waals surface area contributed by atoms with E-state index in [9.17, 15) is 4.79 Å². The highest BCUT2D eigenvalue weighted by molar-refractivity contribution is 6.30. The van der Waals surface area contributed by atoms with E-state index in [0.29, 0.717) is 16.4 Å². The molecule has 0 radical (unpaired) electrons. The molecule has 0 spiro atoms. The summed E-state index contributed by atoms with van der Waals surface area (Å²) < 4.78 is 3.55. The Labute approximate surface area is 108 Å². The molecule has 3 heterocycles. The van der Waals surface area contributed by atoms with E-state index in [0.717, 1.165) is 17.4 Å². The van der Waals surface area contributed by atoms with Gasteiger partial charge in [-0.3, -0.25) is 14.0 Å². The number of nitrogens with zero attached hydrogens (tertiary/aromatic N) is 4. The minimum absolute atomic E-state index is 0.299. The van der Waals surface area contributed by atoms with Crippen LogP contribution < -0.4 is 0 Å². The maximum Gasteiger partial charge on any atom is 0.150 e. The van der Waals surface area contributed by atoms with Crippen molar-refractivity contribution in [2.75, 3.05) is 0 Å². The Morgan fingerprint density at radius 2 is 2.28 bits per heavy atom. The number of aromatic nitrogens is 4. The highest BCUT2D eigenvalue weighted by Gasteiger charge is 2.10. The van der Waals surface area contributed by atoms with Crippen molar-refractivity contribution in [3.63, 3.8) is 0 Å². The summed E-state index contributed by atoms with van der Waals surface area (Å²) in [7, 11) is 1.84. The van der Waals surface area contributed by atoms with Crippen LogP contribution in [0.25, 0.3) is 16.7 Å². The number of halogens is 1. The zero-order valence-corrected chi connectivity index (χ0v) is 10.3. The van der Waals surface area contributed by atoms with Crippen LogP contribution in [0.2, 0.25) is 5.15 Å². The molecule has 0 aliphatic rings.